The van der Waals surface area contributed by atoms with Gasteiger partial charge in [0.15, 0.2) is 0 Å². The number of nitrogens with zero attached hydrogens (tertiary/aromatic N) is 1. The van der Waals surface area contributed by atoms with Crippen molar-refractivity contribution in [3.8, 4) is 5.75 Å². The fraction of sp³-hybridized carbons (Fsp3) is 0.409. The third-order valence-corrected chi connectivity index (χ3v) is 4.69. The number of benzene rings is 1. The summed E-state index contributed by atoms with van der Waals surface area (Å²) in [6.07, 6.45) is 7.02. The predicted molar refractivity (Wildman–Crippen MR) is 109 cm³/mol. The van der Waals surface area contributed by atoms with E-state index in [-0.39, 0.29) is 29.7 Å². The number of nitrogens with one attached hydrogen (secondary N) is 2. The molecule has 0 atom stereocenters. The maximum Gasteiger partial charge on any atom is 0.274 e. The van der Waals surface area contributed by atoms with Gasteiger partial charge in [-0.15, -0.1) is 0 Å². The minimum Gasteiger partial charge on any atom is -0.489 e. The molecule has 1 aromatic heterocycles. The highest BCUT2D eigenvalue weighted by Crippen LogP contribution is 2.25. The van der Waals surface area contributed by atoms with Gasteiger partial charge in [-0.25, -0.2) is 0 Å². The van der Waals surface area contributed by atoms with Crippen molar-refractivity contribution in [3.63, 3.8) is 0 Å². The summed E-state index contributed by atoms with van der Waals surface area (Å²) in [5.74, 6) is 0.0519. The van der Waals surface area contributed by atoms with E-state index in [0.29, 0.717) is 17.0 Å². The molecule has 1 aliphatic carbocycles. The van der Waals surface area contributed by atoms with E-state index in [4.69, 9.17) is 4.74 Å². The van der Waals surface area contributed by atoms with Crippen LogP contribution in [0.5, 0.6) is 5.75 Å². The minimum atomic E-state index is -0.382. The molecule has 28 heavy (non-hydrogen) atoms. The highest BCUT2D eigenvalue weighted by Gasteiger charge is 2.18. The highest BCUT2D eigenvalue weighted by molar-refractivity contribution is 6.05. The molecule has 1 fully saturated rings. The summed E-state index contributed by atoms with van der Waals surface area (Å²) in [6, 6.07) is 10.6. The van der Waals surface area contributed by atoms with E-state index in [1.165, 1.54) is 18.7 Å². The molecule has 0 saturated heterocycles. The number of anilines is 1. The lowest BCUT2D eigenvalue weighted by Gasteiger charge is -2.22. The molecule has 0 bridgehead atoms. The zero-order chi connectivity index (χ0) is 19.9. The number of pyridine rings is 1. The summed E-state index contributed by atoms with van der Waals surface area (Å²) < 4.78 is 5.73. The van der Waals surface area contributed by atoms with Crippen LogP contribution in [-0.4, -0.2) is 28.9 Å². The summed E-state index contributed by atoms with van der Waals surface area (Å²) in [5, 5.41) is 5.88. The summed E-state index contributed by atoms with van der Waals surface area (Å²) in [4.78, 5) is 29.3. The van der Waals surface area contributed by atoms with E-state index in [0.717, 1.165) is 25.7 Å². The van der Waals surface area contributed by atoms with Crippen molar-refractivity contribution in [3.05, 3.63) is 53.9 Å². The van der Waals surface area contributed by atoms with Gasteiger partial charge in [0, 0.05) is 17.8 Å². The first kappa shape index (κ1) is 19.9. The van der Waals surface area contributed by atoms with Crippen LogP contribution in [-0.2, 0) is 0 Å². The molecule has 1 aromatic carbocycles. The number of carbonyl (C=O) groups is 2. The van der Waals surface area contributed by atoms with Crippen LogP contribution in [0.3, 0.4) is 0 Å². The van der Waals surface area contributed by atoms with Crippen molar-refractivity contribution in [1.29, 1.82) is 0 Å². The first-order chi connectivity index (χ1) is 13.5. The molecule has 2 amide bonds. The van der Waals surface area contributed by atoms with Gasteiger partial charge in [0.1, 0.15) is 11.4 Å². The summed E-state index contributed by atoms with van der Waals surface area (Å²) in [7, 11) is 0. The topological polar surface area (TPSA) is 80.3 Å². The third kappa shape index (κ3) is 5.31. The van der Waals surface area contributed by atoms with Gasteiger partial charge in [-0.05, 0) is 51.0 Å². The predicted octanol–water partition coefficient (Wildman–Crippen LogP) is 4.18. The van der Waals surface area contributed by atoms with Gasteiger partial charge in [-0.1, -0.05) is 31.4 Å². The zero-order valence-corrected chi connectivity index (χ0v) is 16.4. The van der Waals surface area contributed by atoms with Crippen molar-refractivity contribution in [2.45, 2.75) is 58.1 Å². The number of hydrogen-bond donors (Lipinski definition) is 2. The Labute approximate surface area is 165 Å². The maximum absolute atomic E-state index is 12.7. The lowest BCUT2D eigenvalue weighted by atomic mass is 9.95. The maximum atomic E-state index is 12.7. The normalized spacial score (nSPS) is 14.5. The molecular formula is C22H27N3O3. The number of hydrogen-bond acceptors (Lipinski definition) is 4. The van der Waals surface area contributed by atoms with Crippen LogP contribution in [0.4, 0.5) is 5.69 Å². The van der Waals surface area contributed by atoms with Crippen LogP contribution < -0.4 is 15.4 Å². The van der Waals surface area contributed by atoms with Crippen molar-refractivity contribution in [2.75, 3.05) is 5.32 Å². The van der Waals surface area contributed by atoms with E-state index in [1.807, 2.05) is 26.0 Å². The number of aromatic nitrogens is 1. The lowest BCUT2D eigenvalue weighted by Crippen LogP contribution is -2.36. The average molecular weight is 381 g/mol. The van der Waals surface area contributed by atoms with Crippen LogP contribution >= 0.6 is 0 Å². The van der Waals surface area contributed by atoms with Gasteiger partial charge in [0.2, 0.25) is 0 Å². The number of ether oxygens (including phenoxy) is 1. The summed E-state index contributed by atoms with van der Waals surface area (Å²) in [6.45, 7) is 3.85. The molecular weight excluding hydrogens is 354 g/mol. The Morgan fingerprint density at radius 1 is 1.07 bits per heavy atom. The Hall–Kier alpha value is -2.89. The molecule has 6 heteroatoms. The van der Waals surface area contributed by atoms with E-state index in [1.54, 1.807) is 18.2 Å². The number of carbonyl (C=O) groups excluding carboxylic acids is 2. The Balaban J connectivity index is 1.69. The molecule has 0 unspecified atom stereocenters. The molecule has 0 aliphatic heterocycles. The Morgan fingerprint density at radius 2 is 1.82 bits per heavy atom. The van der Waals surface area contributed by atoms with Gasteiger partial charge in [-0.3, -0.25) is 14.6 Å². The van der Waals surface area contributed by atoms with E-state index in [9.17, 15) is 9.59 Å². The highest BCUT2D eigenvalue weighted by atomic mass is 16.5. The molecule has 6 nitrogen and oxygen atoms in total. The summed E-state index contributed by atoms with van der Waals surface area (Å²) in [5.41, 5.74) is 1.20. The van der Waals surface area contributed by atoms with Crippen LogP contribution in [0.1, 0.15) is 66.8 Å². The number of amides is 2. The molecule has 1 aliphatic rings. The smallest absolute Gasteiger partial charge is 0.274 e. The van der Waals surface area contributed by atoms with Crippen LogP contribution in [0.25, 0.3) is 0 Å². The van der Waals surface area contributed by atoms with Gasteiger partial charge < -0.3 is 15.4 Å². The van der Waals surface area contributed by atoms with E-state index < -0.39 is 0 Å². The number of para-hydroxylation sites is 2. The molecule has 3 rings (SSSR count). The zero-order valence-electron chi connectivity index (χ0n) is 16.4. The molecule has 0 radical (unpaired) electrons. The monoisotopic (exact) mass is 381 g/mol. The Bertz CT molecular complexity index is 829. The van der Waals surface area contributed by atoms with Gasteiger partial charge >= 0.3 is 0 Å². The second-order valence-electron chi connectivity index (χ2n) is 7.36. The van der Waals surface area contributed by atoms with Crippen molar-refractivity contribution >= 4 is 17.5 Å². The lowest BCUT2D eigenvalue weighted by molar-refractivity contribution is 0.0927. The second-order valence-corrected chi connectivity index (χ2v) is 7.36. The quantitative estimate of drug-likeness (QED) is 0.786. The van der Waals surface area contributed by atoms with Gasteiger partial charge in [-0.2, -0.15) is 0 Å². The Morgan fingerprint density at radius 3 is 2.57 bits per heavy atom. The minimum absolute atomic E-state index is 0.0111. The van der Waals surface area contributed by atoms with Crippen LogP contribution in [0.15, 0.2) is 42.6 Å². The molecule has 2 aromatic rings. The molecule has 1 heterocycles. The summed E-state index contributed by atoms with van der Waals surface area (Å²) >= 11 is 0. The molecule has 148 valence electrons. The number of rotatable bonds is 6. The first-order valence-electron chi connectivity index (χ1n) is 9.87. The fourth-order valence-corrected chi connectivity index (χ4v) is 3.32. The van der Waals surface area contributed by atoms with Crippen molar-refractivity contribution < 1.29 is 14.3 Å². The first-order valence-corrected chi connectivity index (χ1v) is 9.87. The van der Waals surface area contributed by atoms with Crippen LogP contribution in [0, 0.1) is 0 Å². The Kier molecular flexibility index (Phi) is 6.63. The average Bonchev–Trinajstić information content (AvgIpc) is 2.70. The molecule has 2 N–H and O–H groups in total. The van der Waals surface area contributed by atoms with Crippen molar-refractivity contribution in [2.24, 2.45) is 0 Å². The third-order valence-electron chi connectivity index (χ3n) is 4.69. The molecule has 0 spiro atoms. The van der Waals surface area contributed by atoms with Crippen molar-refractivity contribution in [1.82, 2.24) is 10.3 Å². The molecule has 1 saturated carbocycles. The van der Waals surface area contributed by atoms with E-state index in [2.05, 4.69) is 15.6 Å². The second kappa shape index (κ2) is 9.35. The fourth-order valence-electron chi connectivity index (χ4n) is 3.32. The van der Waals surface area contributed by atoms with Gasteiger partial charge in [0.05, 0.1) is 11.8 Å². The largest absolute Gasteiger partial charge is 0.489 e. The van der Waals surface area contributed by atoms with E-state index >= 15 is 0 Å². The van der Waals surface area contributed by atoms with Gasteiger partial charge in [0.25, 0.3) is 11.8 Å². The van der Waals surface area contributed by atoms with Crippen LogP contribution in [0.2, 0.25) is 0 Å². The SMILES string of the molecule is CC(C)Oc1ccccc1NC(=O)c1cc(C(=O)NC2CCCCC2)ccn1. The standard InChI is InChI=1S/C22H27N3O3/c1-15(2)28-20-11-7-6-10-18(20)25-22(27)19-14-16(12-13-23-19)21(26)24-17-8-4-3-5-9-17/h6-7,10-15,17H,3-5,8-9H2,1-2H3,(H,24,26)(H,25,27).